The van der Waals surface area contributed by atoms with Crippen molar-refractivity contribution in [3.05, 3.63) is 29.3 Å². The number of hydrogen-bond donors (Lipinski definition) is 0. The first-order valence-electron chi connectivity index (χ1n) is 12.8. The van der Waals surface area contributed by atoms with Gasteiger partial charge in [-0.05, 0) is 101 Å². The molecule has 4 rings (SSSR count). The molecule has 3 fully saturated rings. The molecular formula is C27H44F4O. The van der Waals surface area contributed by atoms with Crippen molar-refractivity contribution in [2.24, 2.45) is 35.5 Å². The van der Waals surface area contributed by atoms with Crippen LogP contribution in [-0.4, -0.2) is 6.11 Å². The predicted molar refractivity (Wildman–Crippen MR) is 125 cm³/mol. The summed E-state index contributed by atoms with van der Waals surface area (Å²) in [7, 11) is 0. The van der Waals surface area contributed by atoms with Crippen LogP contribution in [0.2, 0.25) is 0 Å². The maximum atomic E-state index is 14.7. The zero-order chi connectivity index (χ0) is 22.9. The molecule has 3 aliphatic rings. The second kappa shape index (κ2) is 9.93. The van der Waals surface area contributed by atoms with E-state index in [9.17, 15) is 17.6 Å². The smallest absolute Gasteiger partial charge is 0.400 e. The van der Waals surface area contributed by atoms with E-state index < -0.39 is 29.4 Å². The first-order valence-corrected chi connectivity index (χ1v) is 12.8. The molecule has 0 amide bonds. The molecule has 32 heavy (non-hydrogen) atoms. The summed E-state index contributed by atoms with van der Waals surface area (Å²) in [5.74, 6) is 0.825. The molecule has 0 radical (unpaired) electrons. The maximum Gasteiger partial charge on any atom is 0.400 e. The van der Waals surface area contributed by atoms with Gasteiger partial charge in [0.05, 0.1) is 5.92 Å². The average molecular weight is 461 g/mol. The monoisotopic (exact) mass is 460 g/mol. The van der Waals surface area contributed by atoms with Crippen molar-refractivity contribution in [3.8, 4) is 5.75 Å². The Bertz CT molecular complexity index is 747. The third kappa shape index (κ3) is 5.44. The lowest BCUT2D eigenvalue weighted by molar-refractivity contribution is -0.224. The zero-order valence-corrected chi connectivity index (χ0v) is 19.5. The standard InChI is InChI=1S/C27H38F4O.3H2/c1-17-3-5-19(6-4-17)20-7-9-21(10-8-20)22-11-13-23(14-12-22)27(30,31)32-24-15-25(28)18(2)26(29)16-24;;;/h15-17,19-23H,3-14H2,1-2H3;3*1H. The van der Waals surface area contributed by atoms with Crippen molar-refractivity contribution in [3.63, 3.8) is 0 Å². The minimum Gasteiger partial charge on any atom is -0.432 e. The quantitative estimate of drug-likeness (QED) is 0.398. The van der Waals surface area contributed by atoms with Crippen LogP contribution >= 0.6 is 0 Å². The molecule has 0 bridgehead atoms. The summed E-state index contributed by atoms with van der Waals surface area (Å²) in [4.78, 5) is 0. The van der Waals surface area contributed by atoms with Crippen LogP contribution in [0.5, 0.6) is 5.75 Å². The number of halogens is 4. The van der Waals surface area contributed by atoms with Crippen molar-refractivity contribution < 1.29 is 26.6 Å². The van der Waals surface area contributed by atoms with Crippen molar-refractivity contribution in [1.82, 2.24) is 0 Å². The predicted octanol–water partition coefficient (Wildman–Crippen LogP) is 9.42. The molecule has 0 aliphatic heterocycles. The van der Waals surface area contributed by atoms with Crippen LogP contribution in [0.15, 0.2) is 12.1 Å². The summed E-state index contributed by atoms with van der Waals surface area (Å²) in [6.45, 7) is 3.65. The summed E-state index contributed by atoms with van der Waals surface area (Å²) in [5, 5.41) is 0. The van der Waals surface area contributed by atoms with Crippen LogP contribution in [-0.2, 0) is 0 Å². The lowest BCUT2D eigenvalue weighted by Gasteiger charge is -2.41. The molecule has 0 spiro atoms. The molecule has 0 aromatic heterocycles. The van der Waals surface area contributed by atoms with Gasteiger partial charge in [0.15, 0.2) is 0 Å². The number of rotatable bonds is 5. The molecular weight excluding hydrogens is 416 g/mol. The molecule has 0 heterocycles. The largest absolute Gasteiger partial charge is 0.432 e. The number of benzene rings is 1. The fourth-order valence-corrected chi connectivity index (χ4v) is 6.69. The number of hydrogen-bond acceptors (Lipinski definition) is 1. The first-order chi connectivity index (χ1) is 15.2. The Balaban J connectivity index is 0.00000204. The minimum atomic E-state index is -3.41. The lowest BCUT2D eigenvalue weighted by Crippen LogP contribution is -2.38. The minimum absolute atomic E-state index is 0. The van der Waals surface area contributed by atoms with Gasteiger partial charge in [0, 0.05) is 22.0 Å². The Morgan fingerprint density at radius 3 is 1.53 bits per heavy atom. The van der Waals surface area contributed by atoms with Gasteiger partial charge in [0.2, 0.25) is 0 Å². The summed E-state index contributed by atoms with van der Waals surface area (Å²) in [5.41, 5.74) is -0.186. The molecule has 3 saturated carbocycles. The SMILES string of the molecule is Cc1c(F)cc(OC(F)(F)C2CCC(C3CCC(C4CCC(C)CC4)CC3)CC2)cc1F.[HH].[HH].[HH]. The summed E-state index contributed by atoms with van der Waals surface area (Å²) >= 11 is 0. The van der Waals surface area contributed by atoms with Gasteiger partial charge in [0.25, 0.3) is 0 Å². The molecule has 0 saturated heterocycles. The fourth-order valence-electron chi connectivity index (χ4n) is 6.69. The molecule has 186 valence electrons. The molecule has 5 heteroatoms. The van der Waals surface area contributed by atoms with Crippen LogP contribution in [0.1, 0.15) is 93.8 Å². The second-order valence-electron chi connectivity index (χ2n) is 11.0. The maximum absolute atomic E-state index is 14.7. The summed E-state index contributed by atoms with van der Waals surface area (Å²) < 4.78 is 61.7. The number of alkyl halides is 2. The van der Waals surface area contributed by atoms with Gasteiger partial charge in [-0.3, -0.25) is 0 Å². The number of ether oxygens (including phenoxy) is 1. The topological polar surface area (TPSA) is 9.23 Å². The van der Waals surface area contributed by atoms with E-state index in [0.717, 1.165) is 42.7 Å². The second-order valence-corrected chi connectivity index (χ2v) is 11.0. The van der Waals surface area contributed by atoms with Crippen LogP contribution in [0.3, 0.4) is 0 Å². The Morgan fingerprint density at radius 1 is 0.719 bits per heavy atom. The highest BCUT2D eigenvalue weighted by Gasteiger charge is 2.45. The van der Waals surface area contributed by atoms with Gasteiger partial charge in [-0.2, -0.15) is 8.78 Å². The molecule has 3 aliphatic carbocycles. The Morgan fingerprint density at radius 2 is 1.09 bits per heavy atom. The average Bonchev–Trinajstić information content (AvgIpc) is 2.78. The van der Waals surface area contributed by atoms with E-state index in [1.54, 1.807) is 0 Å². The van der Waals surface area contributed by atoms with E-state index >= 15 is 0 Å². The highest BCUT2D eigenvalue weighted by atomic mass is 19.3. The summed E-state index contributed by atoms with van der Waals surface area (Å²) in [6.07, 6.45) is 9.70. The molecule has 1 aromatic carbocycles. The van der Waals surface area contributed by atoms with Crippen molar-refractivity contribution >= 4 is 0 Å². The van der Waals surface area contributed by atoms with E-state index in [1.165, 1.54) is 58.3 Å². The van der Waals surface area contributed by atoms with Gasteiger partial charge in [-0.15, -0.1) is 0 Å². The van der Waals surface area contributed by atoms with E-state index in [0.29, 0.717) is 24.7 Å². The Hall–Kier alpha value is -1.26. The molecule has 0 N–H and O–H groups in total. The Kier molecular flexibility index (Phi) is 7.41. The van der Waals surface area contributed by atoms with E-state index in [2.05, 4.69) is 6.92 Å². The van der Waals surface area contributed by atoms with Gasteiger partial charge < -0.3 is 4.74 Å². The van der Waals surface area contributed by atoms with Gasteiger partial charge in [-0.1, -0.05) is 19.8 Å². The normalized spacial score (nSPS) is 34.3. The zero-order valence-electron chi connectivity index (χ0n) is 19.5. The van der Waals surface area contributed by atoms with Gasteiger partial charge in [-0.25, -0.2) is 8.78 Å². The third-order valence-electron chi connectivity index (χ3n) is 8.97. The van der Waals surface area contributed by atoms with Crippen LogP contribution in [0, 0.1) is 54.1 Å². The lowest BCUT2D eigenvalue weighted by atomic mass is 9.65. The summed E-state index contributed by atoms with van der Waals surface area (Å²) in [6, 6.07) is 1.70. The first kappa shape index (κ1) is 23.9. The van der Waals surface area contributed by atoms with E-state index in [4.69, 9.17) is 4.74 Å². The highest BCUT2D eigenvalue weighted by Crippen LogP contribution is 2.48. The van der Waals surface area contributed by atoms with Crippen molar-refractivity contribution in [1.29, 1.82) is 0 Å². The van der Waals surface area contributed by atoms with Gasteiger partial charge in [0.1, 0.15) is 17.4 Å². The van der Waals surface area contributed by atoms with Crippen molar-refractivity contribution in [2.75, 3.05) is 0 Å². The molecule has 1 aromatic rings. The van der Waals surface area contributed by atoms with Crippen LogP contribution < -0.4 is 4.74 Å². The van der Waals surface area contributed by atoms with Gasteiger partial charge >= 0.3 is 6.11 Å². The molecule has 0 atom stereocenters. The molecule has 1 nitrogen and oxygen atoms in total. The van der Waals surface area contributed by atoms with Crippen molar-refractivity contribution in [2.45, 2.75) is 97.0 Å². The van der Waals surface area contributed by atoms with E-state index in [1.807, 2.05) is 0 Å². The molecule has 0 unspecified atom stereocenters. The van der Waals surface area contributed by atoms with E-state index in [-0.39, 0.29) is 9.84 Å². The van der Waals surface area contributed by atoms with Crippen LogP contribution in [0.25, 0.3) is 0 Å². The third-order valence-corrected chi connectivity index (χ3v) is 8.97. The van der Waals surface area contributed by atoms with Crippen LogP contribution in [0.4, 0.5) is 17.6 Å². The Labute approximate surface area is 194 Å². The fraction of sp³-hybridized carbons (Fsp3) is 0.778. The highest BCUT2D eigenvalue weighted by molar-refractivity contribution is 5.30.